The lowest BCUT2D eigenvalue weighted by Gasteiger charge is -2.03. The second-order valence-electron chi connectivity index (χ2n) is 3.35. The fraction of sp³-hybridized carbons (Fsp3) is 0.300. The third-order valence-electron chi connectivity index (χ3n) is 2.11. The van der Waals surface area contributed by atoms with Crippen LogP contribution in [0.2, 0.25) is 5.02 Å². The van der Waals surface area contributed by atoms with E-state index in [0.717, 1.165) is 0 Å². The van der Waals surface area contributed by atoms with E-state index in [1.165, 1.54) is 19.2 Å². The average molecular weight is 245 g/mol. The molecule has 0 saturated carbocycles. The highest BCUT2D eigenvalue weighted by Gasteiger charge is 2.15. The topological polar surface area (TPSA) is 61.3 Å². The van der Waals surface area contributed by atoms with Gasteiger partial charge < -0.3 is 14.9 Å². The van der Waals surface area contributed by atoms with Crippen LogP contribution in [0.25, 0.3) is 11.1 Å². The van der Waals surface area contributed by atoms with Crippen LogP contribution in [0.5, 0.6) is 0 Å². The van der Waals surface area contributed by atoms with Gasteiger partial charge in [0.15, 0.2) is 5.58 Å². The van der Waals surface area contributed by atoms with Crippen LogP contribution >= 0.6 is 11.6 Å². The molecule has 0 aliphatic carbocycles. The first kappa shape index (κ1) is 11.3. The van der Waals surface area contributed by atoms with Gasteiger partial charge in [-0.2, -0.15) is 0 Å². The molecule has 0 aliphatic rings. The monoisotopic (exact) mass is 244 g/mol. The Morgan fingerprint density at radius 2 is 2.38 bits per heavy atom. The van der Waals surface area contributed by atoms with E-state index in [9.17, 15) is 4.39 Å². The van der Waals surface area contributed by atoms with Crippen molar-refractivity contribution < 1.29 is 13.5 Å². The number of hydrogen-bond acceptors (Lipinski definition) is 4. The molecule has 0 spiro atoms. The Balaban J connectivity index is 2.43. The van der Waals surface area contributed by atoms with Gasteiger partial charge in [-0.05, 0) is 6.07 Å². The predicted octanol–water partition coefficient (Wildman–Crippen LogP) is 2.27. The molecule has 1 atom stereocenters. The summed E-state index contributed by atoms with van der Waals surface area (Å²) in [7, 11) is 1.53. The Kier molecular flexibility index (Phi) is 3.09. The van der Waals surface area contributed by atoms with Gasteiger partial charge in [-0.3, -0.25) is 0 Å². The molecule has 2 N–H and O–H groups in total. The van der Waals surface area contributed by atoms with Gasteiger partial charge in [-0.25, -0.2) is 9.37 Å². The molecule has 1 aromatic carbocycles. The van der Waals surface area contributed by atoms with Crippen molar-refractivity contribution in [1.29, 1.82) is 0 Å². The first-order chi connectivity index (χ1) is 7.61. The first-order valence-electron chi connectivity index (χ1n) is 4.62. The van der Waals surface area contributed by atoms with Crippen LogP contribution in [0.4, 0.5) is 4.39 Å². The number of halogens is 2. The lowest BCUT2D eigenvalue weighted by Crippen LogP contribution is -2.16. The molecule has 0 radical (unpaired) electrons. The summed E-state index contributed by atoms with van der Waals surface area (Å²) < 4.78 is 23.3. The predicted molar refractivity (Wildman–Crippen MR) is 57.8 cm³/mol. The second kappa shape index (κ2) is 4.37. The van der Waals surface area contributed by atoms with Gasteiger partial charge >= 0.3 is 0 Å². The fourth-order valence-corrected chi connectivity index (χ4v) is 1.51. The maximum Gasteiger partial charge on any atom is 0.214 e. The summed E-state index contributed by atoms with van der Waals surface area (Å²) in [5.74, 6) is -0.240. The highest BCUT2D eigenvalue weighted by atomic mass is 35.5. The van der Waals surface area contributed by atoms with Crippen LogP contribution in [0, 0.1) is 5.82 Å². The molecule has 2 rings (SSSR count). The minimum atomic E-state index is -0.544. The van der Waals surface area contributed by atoms with Gasteiger partial charge in [0.05, 0.1) is 11.6 Å². The van der Waals surface area contributed by atoms with Gasteiger partial charge in [0, 0.05) is 13.2 Å². The van der Waals surface area contributed by atoms with Crippen LogP contribution in [0.3, 0.4) is 0 Å². The summed E-state index contributed by atoms with van der Waals surface area (Å²) in [5.41, 5.74) is 6.54. The Labute approximate surface area is 96.1 Å². The quantitative estimate of drug-likeness (QED) is 0.900. The zero-order valence-electron chi connectivity index (χ0n) is 8.54. The zero-order chi connectivity index (χ0) is 11.7. The van der Waals surface area contributed by atoms with Crippen LogP contribution in [0.1, 0.15) is 11.9 Å². The minimum absolute atomic E-state index is 0.00710. The smallest absolute Gasteiger partial charge is 0.214 e. The third kappa shape index (κ3) is 2.02. The van der Waals surface area contributed by atoms with Crippen molar-refractivity contribution in [3.05, 3.63) is 28.9 Å². The van der Waals surface area contributed by atoms with Crippen LogP contribution in [-0.4, -0.2) is 18.7 Å². The SMILES string of the molecule is COCC(N)c1nc2cc(Cl)c(F)cc2o1. The van der Waals surface area contributed by atoms with E-state index in [0.29, 0.717) is 17.0 Å². The molecule has 0 bridgehead atoms. The summed E-state index contributed by atoms with van der Waals surface area (Å²) in [6.07, 6.45) is 0. The molecule has 1 aromatic heterocycles. The number of nitrogens with zero attached hydrogens (tertiary/aromatic N) is 1. The van der Waals surface area contributed by atoms with Crippen LogP contribution < -0.4 is 5.73 Å². The summed E-state index contributed by atoms with van der Waals surface area (Å²) in [5, 5.41) is 0.00710. The molecule has 16 heavy (non-hydrogen) atoms. The highest BCUT2D eigenvalue weighted by molar-refractivity contribution is 6.31. The van der Waals surface area contributed by atoms with Crippen molar-refractivity contribution in [1.82, 2.24) is 4.98 Å². The minimum Gasteiger partial charge on any atom is -0.439 e. The molecule has 0 amide bonds. The van der Waals surface area contributed by atoms with E-state index in [1.54, 1.807) is 0 Å². The van der Waals surface area contributed by atoms with Gasteiger partial charge in [-0.15, -0.1) is 0 Å². The summed E-state index contributed by atoms with van der Waals surface area (Å²) >= 11 is 5.63. The molecule has 0 aliphatic heterocycles. The summed E-state index contributed by atoms with van der Waals surface area (Å²) in [6.45, 7) is 0.281. The second-order valence-corrected chi connectivity index (χ2v) is 3.76. The number of nitrogens with two attached hydrogens (primary N) is 1. The van der Waals surface area contributed by atoms with E-state index < -0.39 is 11.9 Å². The van der Waals surface area contributed by atoms with Gasteiger partial charge in [0.1, 0.15) is 17.4 Å². The molecular formula is C10H10ClFN2O2. The summed E-state index contributed by atoms with van der Waals surface area (Å²) in [4.78, 5) is 4.11. The van der Waals surface area contributed by atoms with Gasteiger partial charge in [-0.1, -0.05) is 11.6 Å². The number of benzene rings is 1. The van der Waals surface area contributed by atoms with Crippen molar-refractivity contribution in [2.24, 2.45) is 5.73 Å². The molecule has 2 aromatic rings. The Morgan fingerprint density at radius 3 is 3.06 bits per heavy atom. The van der Waals surface area contributed by atoms with E-state index in [1.807, 2.05) is 0 Å². The molecule has 86 valence electrons. The van der Waals surface area contributed by atoms with Crippen LogP contribution in [0.15, 0.2) is 16.5 Å². The average Bonchev–Trinajstić information content (AvgIpc) is 2.62. The number of oxazole rings is 1. The Morgan fingerprint density at radius 1 is 1.62 bits per heavy atom. The van der Waals surface area contributed by atoms with Crippen molar-refractivity contribution >= 4 is 22.7 Å². The molecule has 1 unspecified atom stereocenters. The number of hydrogen-bond donors (Lipinski definition) is 1. The van der Waals surface area contributed by atoms with Crippen molar-refractivity contribution in [3.8, 4) is 0 Å². The van der Waals surface area contributed by atoms with E-state index in [2.05, 4.69) is 4.98 Å². The molecule has 0 fully saturated rings. The van der Waals surface area contributed by atoms with Gasteiger partial charge in [0.2, 0.25) is 5.89 Å². The van der Waals surface area contributed by atoms with Crippen LogP contribution in [-0.2, 0) is 4.74 Å². The highest BCUT2D eigenvalue weighted by Crippen LogP contribution is 2.25. The third-order valence-corrected chi connectivity index (χ3v) is 2.40. The zero-order valence-corrected chi connectivity index (χ0v) is 9.29. The van der Waals surface area contributed by atoms with E-state index in [4.69, 9.17) is 26.5 Å². The number of ether oxygens (including phenoxy) is 1. The standard InChI is InChI=1S/C10H10ClFN2O2/c1-15-4-7(13)10-14-8-2-5(11)6(12)3-9(8)16-10/h2-3,7H,4,13H2,1H3. The Bertz CT molecular complexity index is 476. The maximum absolute atomic E-state index is 13.1. The lowest BCUT2D eigenvalue weighted by molar-refractivity contribution is 0.171. The molecule has 0 saturated heterocycles. The van der Waals surface area contributed by atoms with Gasteiger partial charge in [0.25, 0.3) is 0 Å². The first-order valence-corrected chi connectivity index (χ1v) is 4.99. The van der Waals surface area contributed by atoms with E-state index >= 15 is 0 Å². The van der Waals surface area contributed by atoms with E-state index in [-0.39, 0.29) is 11.6 Å². The number of fused-ring (bicyclic) bond motifs is 1. The number of rotatable bonds is 3. The normalized spacial score (nSPS) is 13.2. The van der Waals surface area contributed by atoms with Crippen molar-refractivity contribution in [3.63, 3.8) is 0 Å². The maximum atomic E-state index is 13.1. The molecule has 1 heterocycles. The lowest BCUT2D eigenvalue weighted by atomic mass is 10.3. The largest absolute Gasteiger partial charge is 0.439 e. The summed E-state index contributed by atoms with van der Waals surface area (Å²) in [6, 6.07) is 2.12. The Hall–Kier alpha value is -1.17. The fourth-order valence-electron chi connectivity index (χ4n) is 1.35. The molecule has 6 heteroatoms. The van der Waals surface area contributed by atoms with Crippen molar-refractivity contribution in [2.45, 2.75) is 6.04 Å². The van der Waals surface area contributed by atoms with Crippen molar-refractivity contribution in [2.75, 3.05) is 13.7 Å². The number of aromatic nitrogens is 1. The molecular weight excluding hydrogens is 235 g/mol. The molecule has 4 nitrogen and oxygen atoms in total. The number of methoxy groups -OCH3 is 1.